The van der Waals surface area contributed by atoms with E-state index in [9.17, 15) is 18.0 Å². The van der Waals surface area contributed by atoms with Crippen molar-refractivity contribution in [3.63, 3.8) is 0 Å². The van der Waals surface area contributed by atoms with E-state index in [0.717, 1.165) is 11.3 Å². The average molecular weight is 238 g/mol. The third-order valence-corrected chi connectivity index (χ3v) is 3.06. The molecule has 0 bridgehead atoms. The lowest BCUT2D eigenvalue weighted by molar-refractivity contribution is -0.187. The molecule has 1 aliphatic rings. The van der Waals surface area contributed by atoms with Crippen LogP contribution >= 0.6 is 0 Å². The van der Waals surface area contributed by atoms with Crippen molar-refractivity contribution in [2.75, 3.05) is 26.2 Å². The minimum absolute atomic E-state index is 0.169. The summed E-state index contributed by atoms with van der Waals surface area (Å²) in [5.74, 6) is -1.71. The van der Waals surface area contributed by atoms with Gasteiger partial charge in [-0.2, -0.15) is 13.2 Å². The molecule has 1 atom stereocenters. The highest BCUT2D eigenvalue weighted by Gasteiger charge is 2.43. The molecule has 0 aromatic heterocycles. The van der Waals surface area contributed by atoms with Crippen molar-refractivity contribution >= 4 is 5.91 Å². The number of carbonyl (C=O) groups excluding carboxylic acids is 1. The van der Waals surface area contributed by atoms with E-state index in [0.29, 0.717) is 19.1 Å². The van der Waals surface area contributed by atoms with Crippen LogP contribution in [0.5, 0.6) is 0 Å². The fourth-order valence-electron chi connectivity index (χ4n) is 1.80. The predicted molar refractivity (Wildman–Crippen MR) is 54.0 cm³/mol. The standard InChI is InChI=1S/C10H17F3N2O/c1-3-8(2)14-4-6-15(7-5-14)9(16)10(11,12)13/h8H,3-7H2,1-2H3. The van der Waals surface area contributed by atoms with Crippen LogP contribution in [-0.2, 0) is 4.79 Å². The molecule has 0 saturated carbocycles. The third-order valence-electron chi connectivity index (χ3n) is 3.06. The minimum Gasteiger partial charge on any atom is -0.332 e. The van der Waals surface area contributed by atoms with Gasteiger partial charge in [-0.3, -0.25) is 9.69 Å². The second-order valence-corrected chi connectivity index (χ2v) is 4.08. The number of nitrogens with zero attached hydrogens (tertiary/aromatic N) is 2. The number of rotatable bonds is 2. The first kappa shape index (κ1) is 13.3. The first-order valence-electron chi connectivity index (χ1n) is 5.46. The van der Waals surface area contributed by atoms with Gasteiger partial charge in [0.1, 0.15) is 0 Å². The van der Waals surface area contributed by atoms with Crippen LogP contribution in [0.2, 0.25) is 0 Å². The number of halogens is 3. The summed E-state index contributed by atoms with van der Waals surface area (Å²) in [6, 6.07) is 0.364. The summed E-state index contributed by atoms with van der Waals surface area (Å²) in [6.45, 7) is 5.47. The van der Waals surface area contributed by atoms with Crippen molar-refractivity contribution < 1.29 is 18.0 Å². The first-order valence-corrected chi connectivity index (χ1v) is 5.46. The van der Waals surface area contributed by atoms with E-state index < -0.39 is 12.1 Å². The van der Waals surface area contributed by atoms with Crippen LogP contribution in [0.25, 0.3) is 0 Å². The fourth-order valence-corrected chi connectivity index (χ4v) is 1.80. The van der Waals surface area contributed by atoms with E-state index in [1.165, 1.54) is 0 Å². The molecule has 0 aromatic rings. The van der Waals surface area contributed by atoms with Crippen molar-refractivity contribution in [3.05, 3.63) is 0 Å². The molecule has 0 radical (unpaired) electrons. The zero-order valence-corrected chi connectivity index (χ0v) is 9.55. The van der Waals surface area contributed by atoms with Crippen LogP contribution in [0.3, 0.4) is 0 Å². The van der Waals surface area contributed by atoms with Crippen LogP contribution < -0.4 is 0 Å². The summed E-state index contributed by atoms with van der Waals surface area (Å²) in [5.41, 5.74) is 0. The van der Waals surface area contributed by atoms with Gasteiger partial charge in [0.05, 0.1) is 0 Å². The summed E-state index contributed by atoms with van der Waals surface area (Å²) in [6.07, 6.45) is -3.77. The Morgan fingerprint density at radius 2 is 1.75 bits per heavy atom. The Balaban J connectivity index is 2.46. The molecule has 0 N–H and O–H groups in total. The Kier molecular flexibility index (Phi) is 4.18. The number of amides is 1. The zero-order valence-electron chi connectivity index (χ0n) is 9.55. The molecule has 0 aromatic carbocycles. The fraction of sp³-hybridized carbons (Fsp3) is 0.900. The lowest BCUT2D eigenvalue weighted by atomic mass is 10.2. The quantitative estimate of drug-likeness (QED) is 0.727. The average Bonchev–Trinajstić information content (AvgIpc) is 2.26. The Bertz CT molecular complexity index is 247. The molecule has 16 heavy (non-hydrogen) atoms. The molecule has 3 nitrogen and oxygen atoms in total. The van der Waals surface area contributed by atoms with E-state index in [2.05, 4.69) is 4.90 Å². The van der Waals surface area contributed by atoms with Crippen molar-refractivity contribution in [1.82, 2.24) is 9.80 Å². The molecule has 1 fully saturated rings. The van der Waals surface area contributed by atoms with Gasteiger partial charge in [0.25, 0.3) is 0 Å². The summed E-state index contributed by atoms with van der Waals surface area (Å²) in [5, 5.41) is 0. The van der Waals surface area contributed by atoms with Gasteiger partial charge in [0, 0.05) is 32.2 Å². The number of carbonyl (C=O) groups is 1. The summed E-state index contributed by atoms with van der Waals surface area (Å²) in [4.78, 5) is 13.9. The largest absolute Gasteiger partial charge is 0.471 e. The monoisotopic (exact) mass is 238 g/mol. The van der Waals surface area contributed by atoms with E-state index in [-0.39, 0.29) is 13.1 Å². The third kappa shape index (κ3) is 3.10. The summed E-state index contributed by atoms with van der Waals surface area (Å²) < 4.78 is 36.5. The molecule has 6 heteroatoms. The van der Waals surface area contributed by atoms with E-state index >= 15 is 0 Å². The molecular formula is C10H17F3N2O. The minimum atomic E-state index is -4.74. The maximum absolute atomic E-state index is 12.2. The van der Waals surface area contributed by atoms with E-state index in [1.54, 1.807) is 0 Å². The Morgan fingerprint density at radius 1 is 1.25 bits per heavy atom. The lowest BCUT2D eigenvalue weighted by Crippen LogP contribution is -2.54. The number of piperazine rings is 1. The van der Waals surface area contributed by atoms with Gasteiger partial charge in [-0.25, -0.2) is 0 Å². The second-order valence-electron chi connectivity index (χ2n) is 4.08. The van der Waals surface area contributed by atoms with Crippen LogP contribution in [0.1, 0.15) is 20.3 Å². The Morgan fingerprint density at radius 3 is 2.12 bits per heavy atom. The maximum atomic E-state index is 12.2. The number of alkyl halides is 3. The van der Waals surface area contributed by atoms with Gasteiger partial charge < -0.3 is 4.90 Å². The Hall–Kier alpha value is -0.780. The van der Waals surface area contributed by atoms with Crippen LogP contribution in [0.4, 0.5) is 13.2 Å². The highest BCUT2D eigenvalue weighted by atomic mass is 19.4. The van der Waals surface area contributed by atoms with Crippen LogP contribution in [0.15, 0.2) is 0 Å². The highest BCUT2D eigenvalue weighted by Crippen LogP contribution is 2.20. The van der Waals surface area contributed by atoms with Crippen molar-refractivity contribution in [2.45, 2.75) is 32.5 Å². The van der Waals surface area contributed by atoms with Gasteiger partial charge in [-0.15, -0.1) is 0 Å². The predicted octanol–water partition coefficient (Wildman–Crippen LogP) is 1.49. The smallest absolute Gasteiger partial charge is 0.332 e. The molecular weight excluding hydrogens is 221 g/mol. The van der Waals surface area contributed by atoms with Crippen LogP contribution in [-0.4, -0.2) is 54.1 Å². The molecule has 0 spiro atoms. The maximum Gasteiger partial charge on any atom is 0.471 e. The molecule has 1 amide bonds. The molecule has 1 unspecified atom stereocenters. The first-order chi connectivity index (χ1) is 7.36. The molecule has 1 aliphatic heterocycles. The van der Waals surface area contributed by atoms with Gasteiger partial charge >= 0.3 is 12.1 Å². The van der Waals surface area contributed by atoms with Crippen molar-refractivity contribution in [1.29, 1.82) is 0 Å². The Labute approximate surface area is 93.2 Å². The van der Waals surface area contributed by atoms with Crippen molar-refractivity contribution in [3.8, 4) is 0 Å². The van der Waals surface area contributed by atoms with Gasteiger partial charge in [0.2, 0.25) is 0 Å². The molecule has 1 saturated heterocycles. The van der Waals surface area contributed by atoms with E-state index in [4.69, 9.17) is 0 Å². The van der Waals surface area contributed by atoms with Gasteiger partial charge in [-0.05, 0) is 13.3 Å². The SMILES string of the molecule is CCC(C)N1CCN(C(=O)C(F)(F)F)CC1. The second kappa shape index (κ2) is 5.03. The molecule has 94 valence electrons. The number of hydrogen-bond acceptors (Lipinski definition) is 2. The summed E-state index contributed by atoms with van der Waals surface area (Å²) in [7, 11) is 0. The molecule has 1 heterocycles. The van der Waals surface area contributed by atoms with Gasteiger partial charge in [0.15, 0.2) is 0 Å². The molecule has 1 rings (SSSR count). The lowest BCUT2D eigenvalue weighted by Gasteiger charge is -2.37. The molecule has 0 aliphatic carbocycles. The topological polar surface area (TPSA) is 23.6 Å². The van der Waals surface area contributed by atoms with E-state index in [1.807, 2.05) is 13.8 Å². The van der Waals surface area contributed by atoms with Crippen molar-refractivity contribution in [2.24, 2.45) is 0 Å². The van der Waals surface area contributed by atoms with Gasteiger partial charge in [-0.1, -0.05) is 6.92 Å². The normalized spacial score (nSPS) is 20.9. The number of hydrogen-bond donors (Lipinski definition) is 0. The summed E-state index contributed by atoms with van der Waals surface area (Å²) >= 11 is 0. The highest BCUT2D eigenvalue weighted by molar-refractivity contribution is 5.81. The van der Waals surface area contributed by atoms with Crippen LogP contribution in [0, 0.1) is 0 Å². The zero-order chi connectivity index (χ0) is 12.3.